The molecule has 3 rings (SSSR count). The molecule has 2 amide bonds. The van der Waals surface area contributed by atoms with Gasteiger partial charge >= 0.3 is 0 Å². The molecule has 1 aliphatic heterocycles. The van der Waals surface area contributed by atoms with Gasteiger partial charge in [-0.05, 0) is 57.0 Å². The summed E-state index contributed by atoms with van der Waals surface area (Å²) in [5, 5.41) is 3.67. The summed E-state index contributed by atoms with van der Waals surface area (Å²) < 4.78 is 37.5. The second-order valence-electron chi connectivity index (χ2n) is 9.36. The summed E-state index contributed by atoms with van der Waals surface area (Å²) in [6.07, 6.45) is 1.35. The van der Waals surface area contributed by atoms with Crippen molar-refractivity contribution in [1.82, 2.24) is 10.2 Å². The van der Waals surface area contributed by atoms with Crippen molar-refractivity contribution >= 4 is 50.7 Å². The van der Waals surface area contributed by atoms with Crippen LogP contribution in [0.5, 0.6) is 11.5 Å². The maximum atomic E-state index is 13.4. The van der Waals surface area contributed by atoms with Gasteiger partial charge < -0.3 is 19.7 Å². The van der Waals surface area contributed by atoms with Crippen molar-refractivity contribution < 1.29 is 27.5 Å². The van der Waals surface area contributed by atoms with Crippen LogP contribution < -0.4 is 19.1 Å². The van der Waals surface area contributed by atoms with Crippen molar-refractivity contribution in [2.75, 3.05) is 30.3 Å². The highest BCUT2D eigenvalue weighted by atomic mass is 35.5. The summed E-state index contributed by atoms with van der Waals surface area (Å²) in [5.41, 5.74) is 1.06. The molecule has 0 fully saturated rings. The third-order valence-electron chi connectivity index (χ3n) is 5.92. The van der Waals surface area contributed by atoms with Crippen molar-refractivity contribution in [3.63, 3.8) is 0 Å². The quantitative estimate of drug-likeness (QED) is 0.422. The average Bonchev–Trinajstić information content (AvgIpc) is 2.84. The van der Waals surface area contributed by atoms with Crippen LogP contribution >= 0.6 is 23.2 Å². The predicted octanol–water partition coefficient (Wildman–Crippen LogP) is 4.25. The van der Waals surface area contributed by atoms with Crippen LogP contribution in [0.3, 0.4) is 0 Å². The molecule has 2 aromatic rings. The largest absolute Gasteiger partial charge is 0.486 e. The van der Waals surface area contributed by atoms with Crippen LogP contribution in [-0.4, -0.2) is 63.2 Å². The van der Waals surface area contributed by atoms with Gasteiger partial charge in [-0.1, -0.05) is 29.3 Å². The molecule has 0 bridgehead atoms. The number of fused-ring (bicyclic) bond motifs is 1. The normalized spacial score (nSPS) is 13.7. The number of carbonyl (C=O) groups is 2. The van der Waals surface area contributed by atoms with E-state index in [-0.39, 0.29) is 43.8 Å². The number of amides is 2. The Morgan fingerprint density at radius 1 is 1.03 bits per heavy atom. The molecule has 1 aliphatic rings. The van der Waals surface area contributed by atoms with Gasteiger partial charge in [0.2, 0.25) is 21.8 Å². The molecule has 38 heavy (non-hydrogen) atoms. The summed E-state index contributed by atoms with van der Waals surface area (Å²) in [6.45, 7) is 6.29. The summed E-state index contributed by atoms with van der Waals surface area (Å²) >= 11 is 12.4. The van der Waals surface area contributed by atoms with E-state index >= 15 is 0 Å². The molecular weight excluding hydrogens is 553 g/mol. The number of ether oxygens (including phenoxy) is 2. The Kier molecular flexibility index (Phi) is 10.1. The van der Waals surface area contributed by atoms with Gasteiger partial charge in [0.05, 0.1) is 11.9 Å². The van der Waals surface area contributed by atoms with Crippen molar-refractivity contribution in [3.8, 4) is 11.5 Å². The van der Waals surface area contributed by atoms with Crippen LogP contribution in [0.15, 0.2) is 36.4 Å². The minimum atomic E-state index is -3.65. The molecule has 12 heteroatoms. The first-order valence-electron chi connectivity index (χ1n) is 12.3. The number of carbonyl (C=O) groups excluding carboxylic acids is 2. The molecule has 0 saturated heterocycles. The van der Waals surface area contributed by atoms with E-state index in [9.17, 15) is 18.0 Å². The molecule has 1 heterocycles. The van der Waals surface area contributed by atoms with Gasteiger partial charge in [-0.15, -0.1) is 0 Å². The molecule has 9 nitrogen and oxygen atoms in total. The molecule has 0 unspecified atom stereocenters. The smallest absolute Gasteiger partial charge is 0.242 e. The van der Waals surface area contributed by atoms with Crippen LogP contribution in [0.4, 0.5) is 5.69 Å². The van der Waals surface area contributed by atoms with E-state index in [2.05, 4.69) is 5.32 Å². The van der Waals surface area contributed by atoms with E-state index < -0.39 is 16.1 Å². The first-order chi connectivity index (χ1) is 17.9. The summed E-state index contributed by atoms with van der Waals surface area (Å²) in [6, 6.07) is 9.01. The highest BCUT2D eigenvalue weighted by Crippen LogP contribution is 2.35. The van der Waals surface area contributed by atoms with Crippen LogP contribution in [0, 0.1) is 0 Å². The number of hydrogen-bond acceptors (Lipinski definition) is 6. The predicted molar refractivity (Wildman–Crippen MR) is 149 cm³/mol. The molecule has 0 spiro atoms. The summed E-state index contributed by atoms with van der Waals surface area (Å²) in [4.78, 5) is 27.6. The van der Waals surface area contributed by atoms with Crippen LogP contribution in [0.2, 0.25) is 10.0 Å². The molecule has 2 aromatic carbocycles. The highest BCUT2D eigenvalue weighted by Gasteiger charge is 2.28. The van der Waals surface area contributed by atoms with Crippen LogP contribution in [-0.2, 0) is 26.2 Å². The minimum Gasteiger partial charge on any atom is -0.486 e. The second kappa shape index (κ2) is 12.9. The molecule has 0 aliphatic carbocycles. The molecule has 0 aromatic heterocycles. The Morgan fingerprint density at radius 2 is 1.71 bits per heavy atom. The Bertz CT molecular complexity index is 1270. The molecule has 208 valence electrons. The second-order valence-corrected chi connectivity index (χ2v) is 12.1. The molecule has 0 radical (unpaired) electrons. The fourth-order valence-corrected chi connectivity index (χ4v) is 5.44. The summed E-state index contributed by atoms with van der Waals surface area (Å²) in [7, 11) is -3.65. The number of nitrogens with zero attached hydrogens (tertiary/aromatic N) is 2. The maximum absolute atomic E-state index is 13.4. The number of nitrogens with one attached hydrogen (secondary N) is 1. The molecular formula is C26H33Cl2N3O6S. The van der Waals surface area contributed by atoms with Crippen molar-refractivity contribution in [1.29, 1.82) is 0 Å². The maximum Gasteiger partial charge on any atom is 0.242 e. The van der Waals surface area contributed by atoms with E-state index in [1.165, 1.54) is 9.21 Å². The Hall–Kier alpha value is -2.69. The monoisotopic (exact) mass is 585 g/mol. The lowest BCUT2D eigenvalue weighted by Gasteiger charge is -2.30. The Labute approximate surface area is 234 Å². The van der Waals surface area contributed by atoms with Crippen molar-refractivity contribution in [2.45, 2.75) is 52.2 Å². The zero-order chi connectivity index (χ0) is 28.0. The lowest BCUT2D eigenvalue weighted by molar-refractivity contribution is -0.140. The Morgan fingerprint density at radius 3 is 2.34 bits per heavy atom. The average molecular weight is 587 g/mol. The van der Waals surface area contributed by atoms with Crippen LogP contribution in [0.25, 0.3) is 0 Å². The van der Waals surface area contributed by atoms with Gasteiger partial charge in [-0.2, -0.15) is 0 Å². The van der Waals surface area contributed by atoms with Gasteiger partial charge in [0.15, 0.2) is 11.5 Å². The van der Waals surface area contributed by atoms with E-state index in [1.54, 1.807) is 43.3 Å². The first kappa shape index (κ1) is 29.9. The van der Waals surface area contributed by atoms with Crippen LogP contribution in [0.1, 0.15) is 39.2 Å². The number of sulfonamides is 1. The third-order valence-corrected chi connectivity index (χ3v) is 7.70. The van der Waals surface area contributed by atoms with E-state index in [4.69, 9.17) is 32.7 Å². The molecule has 0 saturated carbocycles. The SMILES string of the molecule is CC(C)NC(=O)[C@H](C)N(Cc1ccc(Cl)cc1Cl)C(=O)CCCN(c1ccc2c(c1)OCCO2)S(C)(=O)=O. The molecule has 1 atom stereocenters. The fourth-order valence-electron chi connectivity index (χ4n) is 4.01. The van der Waals surface area contributed by atoms with E-state index in [0.717, 1.165) is 6.26 Å². The van der Waals surface area contributed by atoms with Crippen molar-refractivity contribution in [3.05, 3.63) is 52.0 Å². The van der Waals surface area contributed by atoms with Gasteiger partial charge in [-0.25, -0.2) is 8.42 Å². The zero-order valence-corrected chi connectivity index (χ0v) is 24.2. The van der Waals surface area contributed by atoms with Gasteiger partial charge in [0.1, 0.15) is 19.3 Å². The zero-order valence-electron chi connectivity index (χ0n) is 21.9. The third kappa shape index (κ3) is 7.91. The fraction of sp³-hybridized carbons (Fsp3) is 0.462. The number of halogens is 2. The minimum absolute atomic E-state index is 0.0150. The topological polar surface area (TPSA) is 105 Å². The van der Waals surface area contributed by atoms with Gasteiger partial charge in [-0.3, -0.25) is 13.9 Å². The van der Waals surface area contributed by atoms with E-state index in [1.807, 2.05) is 13.8 Å². The first-order valence-corrected chi connectivity index (χ1v) is 14.9. The van der Waals surface area contributed by atoms with Gasteiger partial charge in [0, 0.05) is 41.7 Å². The highest BCUT2D eigenvalue weighted by molar-refractivity contribution is 7.92. The summed E-state index contributed by atoms with van der Waals surface area (Å²) in [5.74, 6) is 0.411. The number of benzene rings is 2. The van der Waals surface area contributed by atoms with E-state index in [0.29, 0.717) is 46.0 Å². The number of anilines is 1. The number of rotatable bonds is 11. The molecule has 1 N–H and O–H groups in total. The Balaban J connectivity index is 1.76. The number of hydrogen-bond donors (Lipinski definition) is 1. The lowest BCUT2D eigenvalue weighted by Crippen LogP contribution is -2.49. The standard InChI is InChI=1S/C26H33Cl2N3O6S/c1-17(2)29-26(33)18(3)30(16-19-7-8-20(27)14-22(19)28)25(32)6-5-11-31(38(4,34)35)21-9-10-23-24(15-21)37-13-12-36-23/h7-10,14-15,17-18H,5-6,11-13,16H2,1-4H3,(H,29,33)/t18-/m0/s1. The van der Waals surface area contributed by atoms with Crippen molar-refractivity contribution in [2.24, 2.45) is 0 Å². The van der Waals surface area contributed by atoms with Gasteiger partial charge in [0.25, 0.3) is 0 Å². The lowest BCUT2D eigenvalue weighted by atomic mass is 10.1.